The molecule has 14 heavy (non-hydrogen) atoms. The number of amides is 2. The Morgan fingerprint density at radius 3 is 2.93 bits per heavy atom. The van der Waals surface area contributed by atoms with Crippen molar-refractivity contribution < 1.29 is 9.59 Å². The number of hydrogen-bond acceptors (Lipinski definition) is 4. The second-order valence-corrected chi connectivity index (χ2v) is 2.28. The highest BCUT2D eigenvalue weighted by Gasteiger charge is 2.12. The molecule has 0 aliphatic heterocycles. The van der Waals surface area contributed by atoms with Gasteiger partial charge in [-0.1, -0.05) is 0 Å². The number of aromatic amines is 1. The van der Waals surface area contributed by atoms with Crippen LogP contribution in [-0.2, 0) is 9.59 Å². The molecule has 0 saturated carbocycles. The summed E-state index contributed by atoms with van der Waals surface area (Å²) in [4.78, 5) is 22.0. The number of carbonyl (C=O) groups is 2. The predicted molar refractivity (Wildman–Crippen MR) is 45.8 cm³/mol. The van der Waals surface area contributed by atoms with Gasteiger partial charge in [-0.2, -0.15) is 10.4 Å². The Balaban J connectivity index is 2.43. The fourth-order valence-electron chi connectivity index (χ4n) is 0.707. The highest BCUT2D eigenvalue weighted by Crippen LogP contribution is 1.99. The number of hydrogen-bond donors (Lipinski definition) is 3. The number of nitriles is 1. The molecular weight excluding hydrogens is 186 g/mol. The normalized spacial score (nSPS) is 8.79. The first kappa shape index (κ1) is 9.73. The Kier molecular flexibility index (Phi) is 3.20. The molecule has 0 aromatic carbocycles. The first-order valence-corrected chi connectivity index (χ1v) is 3.69. The van der Waals surface area contributed by atoms with Crippen molar-refractivity contribution in [1.82, 2.24) is 15.5 Å². The van der Waals surface area contributed by atoms with Gasteiger partial charge in [0.15, 0.2) is 0 Å². The molecule has 1 rings (SSSR count). The summed E-state index contributed by atoms with van der Waals surface area (Å²) in [5.41, 5.74) is 0.391. The molecule has 1 aromatic heterocycles. The van der Waals surface area contributed by atoms with Gasteiger partial charge < -0.3 is 10.6 Å². The van der Waals surface area contributed by atoms with Gasteiger partial charge in [0, 0.05) is 6.20 Å². The summed E-state index contributed by atoms with van der Waals surface area (Å²) >= 11 is 0. The first-order valence-electron chi connectivity index (χ1n) is 3.69. The van der Waals surface area contributed by atoms with Gasteiger partial charge in [-0.15, -0.1) is 0 Å². The third kappa shape index (κ3) is 2.60. The van der Waals surface area contributed by atoms with Crippen molar-refractivity contribution in [1.29, 1.82) is 5.26 Å². The molecule has 0 aliphatic rings. The van der Waals surface area contributed by atoms with Crippen molar-refractivity contribution in [3.8, 4) is 6.07 Å². The minimum atomic E-state index is -0.854. The Bertz CT molecular complexity index is 364. The van der Waals surface area contributed by atoms with Crippen molar-refractivity contribution in [3.05, 3.63) is 12.4 Å². The van der Waals surface area contributed by atoms with Gasteiger partial charge in [-0.05, 0) is 0 Å². The summed E-state index contributed by atoms with van der Waals surface area (Å²) in [5, 5.41) is 18.6. The molecule has 0 spiro atoms. The molecule has 0 radical (unpaired) electrons. The summed E-state index contributed by atoms with van der Waals surface area (Å²) in [6, 6.07) is 1.68. The maximum absolute atomic E-state index is 11.0. The molecule has 3 N–H and O–H groups in total. The fourth-order valence-corrected chi connectivity index (χ4v) is 0.707. The predicted octanol–water partition coefficient (Wildman–Crippen LogP) is -1.01. The van der Waals surface area contributed by atoms with Crippen LogP contribution in [0, 0.1) is 11.3 Å². The number of H-pyrrole nitrogens is 1. The number of rotatable bonds is 2. The Morgan fingerprint density at radius 1 is 1.57 bits per heavy atom. The largest absolute Gasteiger partial charge is 0.335 e. The third-order valence-corrected chi connectivity index (χ3v) is 1.29. The lowest BCUT2D eigenvalue weighted by molar-refractivity contribution is -0.136. The van der Waals surface area contributed by atoms with Crippen molar-refractivity contribution in [2.24, 2.45) is 0 Å². The summed E-state index contributed by atoms with van der Waals surface area (Å²) in [7, 11) is 0. The minimum Gasteiger partial charge on any atom is -0.335 e. The molecule has 0 fully saturated rings. The molecule has 0 saturated heterocycles. The van der Waals surface area contributed by atoms with Gasteiger partial charge in [0.2, 0.25) is 0 Å². The van der Waals surface area contributed by atoms with Crippen LogP contribution >= 0.6 is 0 Å². The number of nitrogens with one attached hydrogen (secondary N) is 3. The van der Waals surface area contributed by atoms with Crippen LogP contribution < -0.4 is 10.6 Å². The minimum absolute atomic E-state index is 0.197. The molecule has 7 heteroatoms. The molecule has 0 unspecified atom stereocenters. The van der Waals surface area contributed by atoms with E-state index in [1.165, 1.54) is 12.4 Å². The quantitative estimate of drug-likeness (QED) is 0.412. The second-order valence-electron chi connectivity index (χ2n) is 2.28. The van der Waals surface area contributed by atoms with Gasteiger partial charge in [0.05, 0.1) is 18.0 Å². The molecular formula is C7H7N5O2. The van der Waals surface area contributed by atoms with Crippen molar-refractivity contribution >= 4 is 17.5 Å². The van der Waals surface area contributed by atoms with Crippen molar-refractivity contribution in [2.75, 3.05) is 11.9 Å². The number of carbonyl (C=O) groups excluding carboxylic acids is 2. The van der Waals surface area contributed by atoms with E-state index in [4.69, 9.17) is 5.26 Å². The van der Waals surface area contributed by atoms with E-state index in [0.717, 1.165) is 0 Å². The van der Waals surface area contributed by atoms with E-state index in [2.05, 4.69) is 20.8 Å². The summed E-state index contributed by atoms with van der Waals surface area (Å²) in [5.74, 6) is -1.69. The zero-order valence-electron chi connectivity index (χ0n) is 7.07. The summed E-state index contributed by atoms with van der Waals surface area (Å²) in [6.07, 6.45) is 2.78. The summed E-state index contributed by atoms with van der Waals surface area (Å²) < 4.78 is 0. The van der Waals surface area contributed by atoms with Gasteiger partial charge in [0.25, 0.3) is 0 Å². The van der Waals surface area contributed by atoms with E-state index in [9.17, 15) is 9.59 Å². The SMILES string of the molecule is N#CCNC(=O)C(=O)Nc1cn[nH]c1. The topological polar surface area (TPSA) is 111 Å². The maximum atomic E-state index is 11.0. The number of aromatic nitrogens is 2. The van der Waals surface area contributed by atoms with Crippen LogP contribution in [0.3, 0.4) is 0 Å². The van der Waals surface area contributed by atoms with E-state index in [0.29, 0.717) is 5.69 Å². The van der Waals surface area contributed by atoms with Crippen molar-refractivity contribution in [3.63, 3.8) is 0 Å². The molecule has 0 atom stereocenters. The van der Waals surface area contributed by atoms with Crippen molar-refractivity contribution in [2.45, 2.75) is 0 Å². The van der Waals surface area contributed by atoms with E-state index in [1.807, 2.05) is 0 Å². The number of nitrogens with zero attached hydrogens (tertiary/aromatic N) is 2. The van der Waals surface area contributed by atoms with Crippen LogP contribution in [0.15, 0.2) is 12.4 Å². The van der Waals surface area contributed by atoms with Crippen LogP contribution in [0.25, 0.3) is 0 Å². The Hall–Kier alpha value is -2.36. The molecule has 0 bridgehead atoms. The molecule has 2 amide bonds. The lowest BCUT2D eigenvalue weighted by Crippen LogP contribution is -2.35. The van der Waals surface area contributed by atoms with Crippen LogP contribution in [0.4, 0.5) is 5.69 Å². The van der Waals surface area contributed by atoms with Crippen LogP contribution in [0.1, 0.15) is 0 Å². The maximum Gasteiger partial charge on any atom is 0.313 e. The second kappa shape index (κ2) is 4.61. The molecule has 1 heterocycles. The number of anilines is 1. The Labute approximate surface area is 79.1 Å². The van der Waals surface area contributed by atoms with Gasteiger partial charge in [-0.3, -0.25) is 14.7 Å². The highest BCUT2D eigenvalue weighted by molar-refractivity contribution is 6.39. The average molecular weight is 193 g/mol. The van der Waals surface area contributed by atoms with E-state index in [-0.39, 0.29) is 6.54 Å². The summed E-state index contributed by atoms with van der Waals surface area (Å²) in [6.45, 7) is -0.197. The average Bonchev–Trinajstić information content (AvgIpc) is 2.66. The van der Waals surface area contributed by atoms with Gasteiger partial charge in [0.1, 0.15) is 6.54 Å². The fraction of sp³-hybridized carbons (Fsp3) is 0.143. The zero-order chi connectivity index (χ0) is 10.4. The highest BCUT2D eigenvalue weighted by atomic mass is 16.2. The standard InChI is InChI=1S/C7H7N5O2/c8-1-2-9-6(13)7(14)12-5-3-10-11-4-5/h3-4H,2H2,(H,9,13)(H,10,11)(H,12,14). The Morgan fingerprint density at radius 2 is 2.36 bits per heavy atom. The van der Waals surface area contributed by atoms with Gasteiger partial charge in [-0.25, -0.2) is 0 Å². The van der Waals surface area contributed by atoms with Crippen LogP contribution in [-0.4, -0.2) is 28.6 Å². The zero-order valence-corrected chi connectivity index (χ0v) is 7.07. The smallest absolute Gasteiger partial charge is 0.313 e. The van der Waals surface area contributed by atoms with Crippen LogP contribution in [0.2, 0.25) is 0 Å². The van der Waals surface area contributed by atoms with E-state index in [1.54, 1.807) is 6.07 Å². The monoisotopic (exact) mass is 193 g/mol. The van der Waals surface area contributed by atoms with E-state index >= 15 is 0 Å². The molecule has 1 aromatic rings. The third-order valence-electron chi connectivity index (χ3n) is 1.29. The first-order chi connectivity index (χ1) is 6.74. The molecule has 0 aliphatic carbocycles. The lowest BCUT2D eigenvalue weighted by atomic mass is 10.5. The van der Waals surface area contributed by atoms with Gasteiger partial charge >= 0.3 is 11.8 Å². The lowest BCUT2D eigenvalue weighted by Gasteiger charge is -2.00. The molecule has 72 valence electrons. The van der Waals surface area contributed by atoms with E-state index < -0.39 is 11.8 Å². The molecule has 7 nitrogen and oxygen atoms in total. The van der Waals surface area contributed by atoms with Crippen LogP contribution in [0.5, 0.6) is 0 Å².